The number of benzene rings is 2. The number of ether oxygens (including phenoxy) is 1. The Bertz CT molecular complexity index is 929. The number of sulfone groups is 1. The van der Waals surface area contributed by atoms with Gasteiger partial charge in [0.05, 0.1) is 10.5 Å². The SMILES string of the molecule is Cc1ccc(C(=O)[C@H](C)OC(=O)c2ccccc2S(C)(=O)=O)cc1C. The summed E-state index contributed by atoms with van der Waals surface area (Å²) in [6.45, 7) is 5.30. The highest BCUT2D eigenvalue weighted by Crippen LogP contribution is 2.18. The van der Waals surface area contributed by atoms with Gasteiger partial charge in [0.25, 0.3) is 0 Å². The first kappa shape index (κ1) is 18.9. The van der Waals surface area contributed by atoms with Crippen LogP contribution in [0.15, 0.2) is 47.4 Å². The first-order chi connectivity index (χ1) is 11.6. The molecule has 0 N–H and O–H groups in total. The molecular weight excluding hydrogens is 340 g/mol. The van der Waals surface area contributed by atoms with Gasteiger partial charge in [-0.2, -0.15) is 0 Å². The van der Waals surface area contributed by atoms with Crippen LogP contribution in [0.5, 0.6) is 0 Å². The van der Waals surface area contributed by atoms with E-state index in [1.807, 2.05) is 19.9 Å². The molecule has 1 atom stereocenters. The van der Waals surface area contributed by atoms with Gasteiger partial charge < -0.3 is 4.74 Å². The molecule has 0 amide bonds. The standard InChI is InChI=1S/C19H20O5S/c1-12-9-10-15(11-13(12)2)18(20)14(3)24-19(21)16-7-5-6-8-17(16)25(4,22)23/h5-11,14H,1-4H3/t14-/m0/s1. The van der Waals surface area contributed by atoms with Gasteiger partial charge in [-0.05, 0) is 50.1 Å². The summed E-state index contributed by atoms with van der Waals surface area (Å²) in [4.78, 5) is 24.7. The van der Waals surface area contributed by atoms with Crippen LogP contribution >= 0.6 is 0 Å². The molecule has 132 valence electrons. The lowest BCUT2D eigenvalue weighted by Crippen LogP contribution is -2.25. The molecule has 0 radical (unpaired) electrons. The van der Waals surface area contributed by atoms with E-state index in [4.69, 9.17) is 4.74 Å². The molecule has 0 fully saturated rings. The fourth-order valence-electron chi connectivity index (χ4n) is 2.37. The highest BCUT2D eigenvalue weighted by Gasteiger charge is 2.24. The average molecular weight is 360 g/mol. The Balaban J connectivity index is 2.23. The zero-order valence-corrected chi connectivity index (χ0v) is 15.4. The summed E-state index contributed by atoms with van der Waals surface area (Å²) in [6, 6.07) is 11.0. The predicted molar refractivity (Wildman–Crippen MR) is 94.7 cm³/mol. The summed E-state index contributed by atoms with van der Waals surface area (Å²) in [5, 5.41) is 0. The summed E-state index contributed by atoms with van der Waals surface area (Å²) in [5.74, 6) is -1.18. The van der Waals surface area contributed by atoms with Crippen LogP contribution in [0.25, 0.3) is 0 Å². The quantitative estimate of drug-likeness (QED) is 0.605. The lowest BCUT2D eigenvalue weighted by atomic mass is 10.0. The molecule has 2 rings (SSSR count). The largest absolute Gasteiger partial charge is 0.451 e. The minimum absolute atomic E-state index is 0.0789. The van der Waals surface area contributed by atoms with Crippen LogP contribution in [-0.4, -0.2) is 32.5 Å². The van der Waals surface area contributed by atoms with Gasteiger partial charge >= 0.3 is 5.97 Å². The molecule has 0 bridgehead atoms. The summed E-state index contributed by atoms with van der Waals surface area (Å²) >= 11 is 0. The van der Waals surface area contributed by atoms with Gasteiger partial charge in [0.1, 0.15) is 0 Å². The first-order valence-electron chi connectivity index (χ1n) is 7.73. The van der Waals surface area contributed by atoms with E-state index in [0.717, 1.165) is 17.4 Å². The maximum absolute atomic E-state index is 12.5. The molecule has 2 aromatic carbocycles. The van der Waals surface area contributed by atoms with Crippen LogP contribution in [-0.2, 0) is 14.6 Å². The molecule has 0 unspecified atom stereocenters. The van der Waals surface area contributed by atoms with Crippen molar-refractivity contribution < 1.29 is 22.7 Å². The van der Waals surface area contributed by atoms with Crippen LogP contribution in [0.1, 0.15) is 38.8 Å². The van der Waals surface area contributed by atoms with Crippen molar-refractivity contribution in [1.29, 1.82) is 0 Å². The van der Waals surface area contributed by atoms with Crippen molar-refractivity contribution in [3.05, 3.63) is 64.7 Å². The molecule has 0 saturated heterocycles. The number of ketones is 1. The lowest BCUT2D eigenvalue weighted by Gasteiger charge is -2.14. The van der Waals surface area contributed by atoms with Crippen molar-refractivity contribution >= 4 is 21.6 Å². The molecule has 0 aliphatic rings. The van der Waals surface area contributed by atoms with Crippen LogP contribution < -0.4 is 0 Å². The molecule has 0 aliphatic carbocycles. The molecule has 0 spiro atoms. The third kappa shape index (κ3) is 4.33. The van der Waals surface area contributed by atoms with E-state index in [2.05, 4.69) is 0 Å². The molecule has 0 aliphatic heterocycles. The number of hydrogen-bond donors (Lipinski definition) is 0. The summed E-state index contributed by atoms with van der Waals surface area (Å²) in [5.41, 5.74) is 2.39. The summed E-state index contributed by atoms with van der Waals surface area (Å²) in [6.07, 6.45) is -0.00908. The van der Waals surface area contributed by atoms with Gasteiger partial charge in [-0.15, -0.1) is 0 Å². The van der Waals surface area contributed by atoms with E-state index >= 15 is 0 Å². The normalized spacial score (nSPS) is 12.5. The molecule has 5 nitrogen and oxygen atoms in total. The Morgan fingerprint density at radius 1 is 1.00 bits per heavy atom. The number of rotatable bonds is 5. The highest BCUT2D eigenvalue weighted by molar-refractivity contribution is 7.90. The molecule has 2 aromatic rings. The lowest BCUT2D eigenvalue weighted by molar-refractivity contribution is 0.0315. The summed E-state index contributed by atoms with van der Waals surface area (Å²) in [7, 11) is -3.58. The Hall–Kier alpha value is -2.47. The van der Waals surface area contributed by atoms with Crippen molar-refractivity contribution in [3.63, 3.8) is 0 Å². The minimum Gasteiger partial charge on any atom is -0.451 e. The monoisotopic (exact) mass is 360 g/mol. The number of esters is 1. The molecule has 0 aromatic heterocycles. The third-order valence-electron chi connectivity index (χ3n) is 3.95. The van der Waals surface area contributed by atoms with E-state index in [9.17, 15) is 18.0 Å². The maximum Gasteiger partial charge on any atom is 0.340 e. The second-order valence-corrected chi connectivity index (χ2v) is 7.96. The number of carbonyl (C=O) groups is 2. The van der Waals surface area contributed by atoms with Gasteiger partial charge in [-0.25, -0.2) is 13.2 Å². The number of hydrogen-bond acceptors (Lipinski definition) is 5. The number of aryl methyl sites for hydroxylation is 2. The number of carbonyl (C=O) groups excluding carboxylic acids is 2. The Labute approximate surface area is 147 Å². The van der Waals surface area contributed by atoms with Gasteiger partial charge in [0.15, 0.2) is 15.9 Å². The van der Waals surface area contributed by atoms with E-state index < -0.39 is 21.9 Å². The van der Waals surface area contributed by atoms with Gasteiger partial charge in [-0.3, -0.25) is 4.79 Å². The van der Waals surface area contributed by atoms with E-state index in [0.29, 0.717) is 5.56 Å². The Kier molecular flexibility index (Phi) is 5.42. The fourth-order valence-corrected chi connectivity index (χ4v) is 3.24. The first-order valence-corrected chi connectivity index (χ1v) is 9.62. The van der Waals surface area contributed by atoms with Crippen LogP contribution in [0.2, 0.25) is 0 Å². The zero-order chi connectivity index (χ0) is 18.8. The number of Topliss-reactive ketones (excluding diaryl/α,β-unsaturated/α-hetero) is 1. The van der Waals surface area contributed by atoms with Crippen LogP contribution in [0.4, 0.5) is 0 Å². The second kappa shape index (κ2) is 7.19. The molecule has 0 saturated carbocycles. The van der Waals surface area contributed by atoms with Crippen molar-refractivity contribution in [2.75, 3.05) is 6.26 Å². The zero-order valence-electron chi connectivity index (χ0n) is 14.6. The van der Waals surface area contributed by atoms with Crippen molar-refractivity contribution in [2.45, 2.75) is 31.8 Å². The topological polar surface area (TPSA) is 77.5 Å². The highest BCUT2D eigenvalue weighted by atomic mass is 32.2. The predicted octanol–water partition coefficient (Wildman–Crippen LogP) is 3.14. The van der Waals surface area contributed by atoms with Gasteiger partial charge in [0, 0.05) is 11.8 Å². The van der Waals surface area contributed by atoms with Gasteiger partial charge in [-0.1, -0.05) is 24.3 Å². The smallest absolute Gasteiger partial charge is 0.340 e. The van der Waals surface area contributed by atoms with Crippen molar-refractivity contribution in [3.8, 4) is 0 Å². The van der Waals surface area contributed by atoms with Crippen molar-refractivity contribution in [1.82, 2.24) is 0 Å². The van der Waals surface area contributed by atoms with Crippen molar-refractivity contribution in [2.24, 2.45) is 0 Å². The summed E-state index contributed by atoms with van der Waals surface area (Å²) < 4.78 is 28.8. The maximum atomic E-state index is 12.5. The fraction of sp³-hybridized carbons (Fsp3) is 0.263. The molecule has 6 heteroatoms. The van der Waals surface area contributed by atoms with Gasteiger partial charge in [0.2, 0.25) is 5.78 Å². The Morgan fingerprint density at radius 3 is 2.24 bits per heavy atom. The Morgan fingerprint density at radius 2 is 1.64 bits per heavy atom. The van der Waals surface area contributed by atoms with Crippen LogP contribution in [0, 0.1) is 13.8 Å². The molecule has 0 heterocycles. The average Bonchev–Trinajstić information content (AvgIpc) is 2.55. The van der Waals surface area contributed by atoms with E-state index in [1.54, 1.807) is 18.2 Å². The van der Waals surface area contributed by atoms with E-state index in [-0.39, 0.29) is 16.2 Å². The van der Waals surface area contributed by atoms with Crippen LogP contribution in [0.3, 0.4) is 0 Å². The second-order valence-electron chi connectivity index (χ2n) is 5.98. The van der Waals surface area contributed by atoms with E-state index in [1.165, 1.54) is 25.1 Å². The molecule has 25 heavy (non-hydrogen) atoms. The molecular formula is C19H20O5S. The third-order valence-corrected chi connectivity index (χ3v) is 5.11. The minimum atomic E-state index is -3.58.